The van der Waals surface area contributed by atoms with Crippen molar-refractivity contribution in [1.29, 1.82) is 0 Å². The van der Waals surface area contributed by atoms with Gasteiger partial charge in [0.05, 0.1) is 26.1 Å². The molecule has 1 unspecified atom stereocenters. The molecule has 0 radical (unpaired) electrons. The van der Waals surface area contributed by atoms with Gasteiger partial charge in [0.2, 0.25) is 10.0 Å². The molecule has 128 valence electrons. The molecule has 3 fully saturated rings. The third kappa shape index (κ3) is 4.00. The van der Waals surface area contributed by atoms with Crippen LogP contribution < -0.4 is 0 Å². The molecule has 0 saturated carbocycles. The van der Waals surface area contributed by atoms with E-state index in [0.29, 0.717) is 32.2 Å². The van der Waals surface area contributed by atoms with Crippen molar-refractivity contribution in [3.63, 3.8) is 0 Å². The highest BCUT2D eigenvalue weighted by Crippen LogP contribution is 2.35. The first-order valence-electron chi connectivity index (χ1n) is 8.30. The van der Waals surface area contributed by atoms with Crippen LogP contribution in [0.3, 0.4) is 0 Å². The van der Waals surface area contributed by atoms with E-state index in [2.05, 4.69) is 4.90 Å². The predicted octanol–water partition coefficient (Wildman–Crippen LogP) is 0.397. The molecule has 0 aromatic carbocycles. The molecule has 3 heterocycles. The van der Waals surface area contributed by atoms with Gasteiger partial charge in [0, 0.05) is 31.7 Å². The fourth-order valence-electron chi connectivity index (χ4n) is 3.84. The molecule has 0 aliphatic carbocycles. The van der Waals surface area contributed by atoms with E-state index in [1.807, 2.05) is 0 Å². The average molecular weight is 332 g/mol. The second-order valence-electron chi connectivity index (χ2n) is 7.18. The summed E-state index contributed by atoms with van der Waals surface area (Å²) < 4.78 is 36.6. The molecule has 3 saturated heterocycles. The predicted molar refractivity (Wildman–Crippen MR) is 84.3 cm³/mol. The minimum atomic E-state index is -3.13. The van der Waals surface area contributed by atoms with Gasteiger partial charge in [-0.2, -0.15) is 4.31 Å². The van der Waals surface area contributed by atoms with E-state index >= 15 is 0 Å². The quantitative estimate of drug-likeness (QED) is 0.749. The average Bonchev–Trinajstić information content (AvgIpc) is 2.88. The first kappa shape index (κ1) is 16.6. The van der Waals surface area contributed by atoms with Crippen LogP contribution in [0.15, 0.2) is 0 Å². The summed E-state index contributed by atoms with van der Waals surface area (Å²) in [6, 6.07) is 0. The van der Waals surface area contributed by atoms with E-state index in [0.717, 1.165) is 45.7 Å². The largest absolute Gasteiger partial charge is 0.381 e. The van der Waals surface area contributed by atoms with Gasteiger partial charge in [-0.3, -0.25) is 0 Å². The van der Waals surface area contributed by atoms with Crippen molar-refractivity contribution in [2.75, 3.05) is 65.4 Å². The minimum Gasteiger partial charge on any atom is -0.381 e. The van der Waals surface area contributed by atoms with Crippen molar-refractivity contribution in [3.8, 4) is 0 Å². The van der Waals surface area contributed by atoms with Gasteiger partial charge in [-0.15, -0.1) is 0 Å². The second kappa shape index (κ2) is 6.73. The number of ether oxygens (including phenoxy) is 2. The maximum atomic E-state index is 11.9. The van der Waals surface area contributed by atoms with Crippen molar-refractivity contribution in [3.05, 3.63) is 0 Å². The lowest BCUT2D eigenvalue weighted by Crippen LogP contribution is -2.49. The van der Waals surface area contributed by atoms with Crippen molar-refractivity contribution < 1.29 is 17.9 Å². The Hall–Kier alpha value is -0.210. The summed E-state index contributed by atoms with van der Waals surface area (Å²) >= 11 is 0. The molecule has 1 spiro atoms. The summed E-state index contributed by atoms with van der Waals surface area (Å²) in [5.74, 6) is 0.673. The van der Waals surface area contributed by atoms with E-state index in [1.165, 1.54) is 12.7 Å². The van der Waals surface area contributed by atoms with Gasteiger partial charge in [0.1, 0.15) is 0 Å². The maximum Gasteiger partial charge on any atom is 0.211 e. The van der Waals surface area contributed by atoms with Gasteiger partial charge in [0.15, 0.2) is 0 Å². The lowest BCUT2D eigenvalue weighted by molar-refractivity contribution is 0.0146. The van der Waals surface area contributed by atoms with Gasteiger partial charge in [-0.05, 0) is 38.3 Å². The molecule has 0 aromatic heterocycles. The second-order valence-corrected chi connectivity index (χ2v) is 9.16. The number of piperidine rings is 1. The van der Waals surface area contributed by atoms with Crippen molar-refractivity contribution >= 4 is 10.0 Å². The number of likely N-dealkylation sites (tertiary alicyclic amines) is 1. The maximum absolute atomic E-state index is 11.9. The highest BCUT2D eigenvalue weighted by Gasteiger charge is 2.40. The molecule has 0 N–H and O–H groups in total. The molecule has 3 aliphatic rings. The molecule has 3 rings (SSSR count). The van der Waals surface area contributed by atoms with Crippen molar-refractivity contribution in [2.45, 2.75) is 19.3 Å². The zero-order valence-corrected chi connectivity index (χ0v) is 14.3. The molecular formula is C15H28N2O4S. The Bertz CT molecular complexity index is 468. The fourth-order valence-corrected chi connectivity index (χ4v) is 4.76. The van der Waals surface area contributed by atoms with Gasteiger partial charge in [0.25, 0.3) is 0 Å². The summed E-state index contributed by atoms with van der Waals surface area (Å²) in [6.45, 7) is 7.31. The Morgan fingerprint density at radius 1 is 1.14 bits per heavy atom. The Kier molecular flexibility index (Phi) is 5.09. The number of sulfonamides is 1. The van der Waals surface area contributed by atoms with Crippen LogP contribution in [-0.4, -0.2) is 83.0 Å². The standard InChI is InChI=1S/C15H28N2O4S/c1-22(18,19)17-7-9-21-13-15(12-17)3-5-16(6-4-15)10-14-2-8-20-11-14/h14H,2-13H2,1H3. The van der Waals surface area contributed by atoms with E-state index in [-0.39, 0.29) is 5.41 Å². The third-order valence-corrected chi connectivity index (χ3v) is 6.58. The number of nitrogens with zero attached hydrogens (tertiary/aromatic N) is 2. The first-order valence-corrected chi connectivity index (χ1v) is 10.1. The van der Waals surface area contributed by atoms with Crippen LogP contribution in [0.25, 0.3) is 0 Å². The number of hydrogen-bond acceptors (Lipinski definition) is 5. The molecule has 3 aliphatic heterocycles. The Morgan fingerprint density at radius 3 is 2.55 bits per heavy atom. The van der Waals surface area contributed by atoms with E-state index < -0.39 is 10.0 Å². The zero-order chi connectivity index (χ0) is 15.6. The van der Waals surface area contributed by atoms with E-state index in [1.54, 1.807) is 4.31 Å². The van der Waals surface area contributed by atoms with Crippen LogP contribution >= 0.6 is 0 Å². The third-order valence-electron chi connectivity index (χ3n) is 5.33. The highest BCUT2D eigenvalue weighted by atomic mass is 32.2. The number of hydrogen-bond donors (Lipinski definition) is 0. The van der Waals surface area contributed by atoms with Crippen LogP contribution in [0.2, 0.25) is 0 Å². The smallest absolute Gasteiger partial charge is 0.211 e. The van der Waals surface area contributed by atoms with E-state index in [4.69, 9.17) is 9.47 Å². The Morgan fingerprint density at radius 2 is 1.91 bits per heavy atom. The normalized spacial score (nSPS) is 31.4. The molecule has 6 nitrogen and oxygen atoms in total. The molecule has 0 aromatic rings. The van der Waals surface area contributed by atoms with Crippen molar-refractivity contribution in [2.24, 2.45) is 11.3 Å². The minimum absolute atomic E-state index is 0.00224. The fraction of sp³-hybridized carbons (Fsp3) is 1.00. The number of rotatable bonds is 3. The topological polar surface area (TPSA) is 59.1 Å². The Labute approximate surface area is 133 Å². The summed E-state index contributed by atoms with van der Waals surface area (Å²) in [6.07, 6.45) is 4.52. The lowest BCUT2D eigenvalue weighted by atomic mass is 9.79. The van der Waals surface area contributed by atoms with Gasteiger partial charge in [-0.25, -0.2) is 8.42 Å². The van der Waals surface area contributed by atoms with Gasteiger partial charge in [-0.1, -0.05) is 0 Å². The van der Waals surface area contributed by atoms with E-state index in [9.17, 15) is 8.42 Å². The van der Waals surface area contributed by atoms with Gasteiger partial charge < -0.3 is 14.4 Å². The van der Waals surface area contributed by atoms with Crippen LogP contribution in [0.5, 0.6) is 0 Å². The van der Waals surface area contributed by atoms with Crippen molar-refractivity contribution in [1.82, 2.24) is 9.21 Å². The summed E-state index contributed by atoms with van der Waals surface area (Å²) in [4.78, 5) is 2.51. The molecule has 7 heteroatoms. The molecule has 0 amide bonds. The first-order chi connectivity index (χ1) is 10.5. The lowest BCUT2D eigenvalue weighted by Gasteiger charge is -2.42. The van der Waals surface area contributed by atoms with Crippen LogP contribution in [-0.2, 0) is 19.5 Å². The summed E-state index contributed by atoms with van der Waals surface area (Å²) in [7, 11) is -3.13. The van der Waals surface area contributed by atoms with Crippen LogP contribution in [0.4, 0.5) is 0 Å². The highest BCUT2D eigenvalue weighted by molar-refractivity contribution is 7.88. The monoisotopic (exact) mass is 332 g/mol. The molecule has 0 bridgehead atoms. The molecule has 22 heavy (non-hydrogen) atoms. The Balaban J connectivity index is 1.57. The van der Waals surface area contributed by atoms with Crippen LogP contribution in [0, 0.1) is 11.3 Å². The van der Waals surface area contributed by atoms with Crippen LogP contribution in [0.1, 0.15) is 19.3 Å². The zero-order valence-electron chi connectivity index (χ0n) is 13.5. The molecular weight excluding hydrogens is 304 g/mol. The summed E-state index contributed by atoms with van der Waals surface area (Å²) in [5.41, 5.74) is 0.00224. The molecule has 1 atom stereocenters. The summed E-state index contributed by atoms with van der Waals surface area (Å²) in [5, 5.41) is 0. The SMILES string of the molecule is CS(=O)(=O)N1CCOCC2(CCN(CC3CCOC3)CC2)C1. The van der Waals surface area contributed by atoms with Gasteiger partial charge >= 0.3 is 0 Å².